The second-order valence-corrected chi connectivity index (χ2v) is 30.5. The van der Waals surface area contributed by atoms with Crippen LogP contribution >= 0.6 is 6.89 Å². The molecule has 2 saturated carbocycles. The molecule has 8 rings (SSSR count). The summed E-state index contributed by atoms with van der Waals surface area (Å²) >= 11 is 0. The van der Waals surface area contributed by atoms with E-state index in [4.69, 9.17) is 35.2 Å². The monoisotopic (exact) mass is 1290 g/mol. The third-order valence-corrected chi connectivity index (χ3v) is 22.7. The van der Waals surface area contributed by atoms with Gasteiger partial charge in [-0.3, -0.25) is 14.4 Å². The molecule has 3 aromatic carbocycles. The van der Waals surface area contributed by atoms with Crippen LogP contribution in [0.3, 0.4) is 0 Å². The number of hydrogen-bond acceptors (Lipinski definition) is 10. The van der Waals surface area contributed by atoms with Gasteiger partial charge in [-0.2, -0.15) is 0 Å². The molecule has 0 spiro atoms. The van der Waals surface area contributed by atoms with Crippen LogP contribution in [0.15, 0.2) is 125 Å². The molecule has 506 valence electrons. The topological polar surface area (TPSA) is 187 Å². The molecule has 14 heteroatoms. The van der Waals surface area contributed by atoms with Crippen molar-refractivity contribution in [2.75, 3.05) is 33.0 Å². The average molecular weight is 1290 g/mol. The summed E-state index contributed by atoms with van der Waals surface area (Å²) < 4.78 is 20.1. The predicted octanol–water partition coefficient (Wildman–Crippen LogP) is 15.7. The minimum atomic E-state index is -2.24. The first-order valence-electron chi connectivity index (χ1n) is 33.2. The first-order valence-corrected chi connectivity index (χ1v) is 35.0. The summed E-state index contributed by atoms with van der Waals surface area (Å²) in [6.07, 6.45) is 24.7. The van der Waals surface area contributed by atoms with E-state index in [1.165, 1.54) is 87.3 Å². The molecule has 4 atom stereocenters. The van der Waals surface area contributed by atoms with Gasteiger partial charge >= 0.3 is 53.4 Å². The number of nitrogens with one attached hydrogen (secondary N) is 1. The molecule has 3 aromatic rings. The van der Waals surface area contributed by atoms with E-state index in [1.54, 1.807) is 11.9 Å². The Morgan fingerprint density at radius 1 is 0.571 bits per heavy atom. The van der Waals surface area contributed by atoms with Crippen molar-refractivity contribution in [1.29, 1.82) is 0 Å². The van der Waals surface area contributed by atoms with E-state index in [9.17, 15) is 24.0 Å². The maximum Gasteiger partial charge on any atom is 1.00 e. The Morgan fingerprint density at radius 2 is 0.956 bits per heavy atom. The van der Waals surface area contributed by atoms with Crippen LogP contribution in [-0.2, 0) is 42.9 Å². The largest absolute Gasteiger partial charge is 1.00 e. The summed E-state index contributed by atoms with van der Waals surface area (Å²) in [4.78, 5) is 56.5. The van der Waals surface area contributed by atoms with Gasteiger partial charge < -0.3 is 35.2 Å². The van der Waals surface area contributed by atoms with Crippen LogP contribution < -0.4 is 45.5 Å². The van der Waals surface area contributed by atoms with Gasteiger partial charge in [0.05, 0.1) is 19.8 Å². The normalized spacial score (nSPS) is 20.7. The number of esters is 3. The van der Waals surface area contributed by atoms with Crippen molar-refractivity contribution in [2.45, 2.75) is 227 Å². The molecule has 12 nitrogen and oxygen atoms in total. The Labute approximate surface area is 574 Å². The van der Waals surface area contributed by atoms with Gasteiger partial charge in [-0.05, 0) is 191 Å². The number of benzene rings is 3. The maximum absolute atomic E-state index is 12.5. The van der Waals surface area contributed by atoms with Crippen molar-refractivity contribution < 1.29 is 82.8 Å². The fourth-order valence-corrected chi connectivity index (χ4v) is 17.6. The van der Waals surface area contributed by atoms with Crippen molar-refractivity contribution in [3.8, 4) is 0 Å². The summed E-state index contributed by atoms with van der Waals surface area (Å²) in [5.41, 5.74) is 6.07. The number of carboxylic acid groups (broad SMARTS) is 1. The first-order chi connectivity index (χ1) is 42.2. The number of ether oxygens (including phenoxy) is 4. The smallest absolute Gasteiger partial charge is 0.553 e. The van der Waals surface area contributed by atoms with E-state index in [2.05, 4.69) is 119 Å². The maximum atomic E-state index is 12.5. The van der Waals surface area contributed by atoms with Gasteiger partial charge in [-0.1, -0.05) is 211 Å². The Balaban J connectivity index is 0.00000110. The zero-order valence-corrected chi connectivity index (χ0v) is 61.5. The van der Waals surface area contributed by atoms with Crippen molar-refractivity contribution in [2.24, 2.45) is 45.3 Å². The average Bonchev–Trinajstić information content (AvgIpc) is 1.43. The van der Waals surface area contributed by atoms with Gasteiger partial charge in [0.2, 0.25) is 0 Å². The summed E-state index contributed by atoms with van der Waals surface area (Å²) in [7, 11) is 0. The second kappa shape index (κ2) is 45.1. The van der Waals surface area contributed by atoms with Crippen LogP contribution in [-0.4, -0.2) is 79.3 Å². The van der Waals surface area contributed by atoms with Crippen molar-refractivity contribution in [1.82, 2.24) is 0 Å². The van der Waals surface area contributed by atoms with Crippen LogP contribution in [0.1, 0.15) is 227 Å². The second-order valence-electron chi connectivity index (χ2n) is 27.2. The molecule has 0 bridgehead atoms. The van der Waals surface area contributed by atoms with Crippen LogP contribution in [0, 0.1) is 45.3 Å². The van der Waals surface area contributed by atoms with Crippen molar-refractivity contribution >= 4 is 58.8 Å². The van der Waals surface area contributed by atoms with E-state index < -0.39 is 12.9 Å². The number of hydrogen-bond donors (Lipinski definition) is 2. The number of allylic oxidation sites excluding steroid dienone is 5. The number of aliphatic carboxylic acids is 1. The van der Waals surface area contributed by atoms with Crippen LogP contribution in [0.5, 0.6) is 0 Å². The summed E-state index contributed by atoms with van der Waals surface area (Å²) in [6, 6.07) is 30.7. The van der Waals surface area contributed by atoms with Gasteiger partial charge in [0.1, 0.15) is 6.29 Å². The number of rotatable bonds is 16. The van der Waals surface area contributed by atoms with E-state index >= 15 is 0 Å². The van der Waals surface area contributed by atoms with Crippen LogP contribution in [0.25, 0.3) is 5.90 Å². The molecular formula is C77H121NNaO11P. The van der Waals surface area contributed by atoms with Gasteiger partial charge in [-0.25, -0.2) is 9.59 Å². The van der Waals surface area contributed by atoms with Crippen LogP contribution in [0.4, 0.5) is 0 Å². The van der Waals surface area contributed by atoms with Crippen molar-refractivity contribution in [3.05, 3.63) is 131 Å². The van der Waals surface area contributed by atoms with Crippen LogP contribution in [0.2, 0.25) is 0 Å². The zero-order chi connectivity index (χ0) is 66.7. The third-order valence-electron chi connectivity index (χ3n) is 18.8. The third kappa shape index (κ3) is 29.8. The molecule has 5 aliphatic rings. The molecule has 3 fully saturated rings. The molecular weight excluding hydrogens is 1170 g/mol. The fourth-order valence-electron chi connectivity index (χ4n) is 14.0. The standard InChI is InChI=1S/C22H21O2P.C14H26O2.C14H22O2.C12H22O2.C10H16O.C4H8O.CH4.H2NO.Na/c1-2-24-22(23)18-25(19-12-6-3-7-13-19,20-14-8-4-9-15-20)21-16-10-5-11-17-21;2*1-5-16-13(15)9-8-12-11(2)7-6-10-14(12,3)4;1-9-5-4-8-12(2,3)10(9)6-7-11(13)14;1-8-5-4-6-10(2,3)9(8)7-11;1-2-4-5-3-1;;1-2;/h3-18H,2H2,1H3;11-12H,5-10H2,1-4H3;8-9H,5-7,10H2,1-4H3;9-10H,4-8H2,1-3H3,(H,13,14);7H,4-6H2,1-3H3;1-4H2;1H4;1-2H;/q;;;;;;;-1;+1/b;;9-8+;;;;;;. The van der Waals surface area contributed by atoms with Gasteiger partial charge in [0, 0.05) is 37.9 Å². The minimum absolute atomic E-state index is 0. The fraction of sp³-hybridized carbons (Fsp3) is 0.610. The number of carboxylic acids is 1. The number of carbonyl (C=O) groups is 5. The number of carbonyl (C=O) groups excluding carboxylic acids is 4. The zero-order valence-electron chi connectivity index (χ0n) is 58.6. The Hall–Kier alpha value is -4.39. The van der Waals surface area contributed by atoms with Gasteiger partial charge in [0.25, 0.3) is 0 Å². The molecule has 1 saturated heterocycles. The summed E-state index contributed by atoms with van der Waals surface area (Å²) in [5, 5.41) is 18.4. The van der Waals surface area contributed by atoms with E-state index in [0.717, 1.165) is 79.0 Å². The molecule has 0 aromatic heterocycles. The minimum Gasteiger partial charge on any atom is -0.553 e. The summed E-state index contributed by atoms with van der Waals surface area (Å²) in [6.45, 7) is 33.5. The Bertz CT molecular complexity index is 2600. The Kier molecular flexibility index (Phi) is 42.9. The molecule has 3 N–H and O–H groups in total. The number of aldehydes is 1. The molecule has 1 heterocycles. The van der Waals surface area contributed by atoms with E-state index in [-0.39, 0.29) is 65.7 Å². The molecule has 91 heavy (non-hydrogen) atoms. The Morgan fingerprint density at radius 3 is 1.29 bits per heavy atom. The molecule has 4 aliphatic carbocycles. The van der Waals surface area contributed by atoms with Gasteiger partial charge in [0.15, 0.2) is 0 Å². The quantitative estimate of drug-likeness (QED) is 0.0264. The van der Waals surface area contributed by atoms with Gasteiger partial charge in [-0.15, -0.1) is 0 Å². The SMILES string of the molecule is C.C1CCOC1.CC1=C(C=O)C(C)(C)CCC1.CC1CCCC(C)(C)C1CCC(=O)O.CCOC(=O)/C=C/C1=C(C)CCCC1(C)C.CCOC(=O)C=P(c1ccccc1)(c1ccccc1)c1ccccc1.CCOC(=O)CCC1C(C)CCCC1(C)C.[NH-]O.[Na+]. The summed E-state index contributed by atoms with van der Waals surface area (Å²) in [5.74, 6) is 8.05. The van der Waals surface area contributed by atoms with E-state index in [1.807, 2.05) is 81.4 Å². The van der Waals surface area contributed by atoms with Crippen molar-refractivity contribution in [3.63, 3.8) is 0 Å². The molecule has 0 radical (unpaired) electrons. The first kappa shape index (κ1) is 86.6. The predicted molar refractivity (Wildman–Crippen MR) is 377 cm³/mol. The van der Waals surface area contributed by atoms with E-state index in [0.29, 0.717) is 61.2 Å². The molecule has 0 amide bonds. The molecule has 4 unspecified atom stereocenters. The molecule has 1 aliphatic heterocycles.